The van der Waals surface area contributed by atoms with Gasteiger partial charge in [0.25, 0.3) is 0 Å². The second-order valence-electron chi connectivity index (χ2n) is 8.39. The molecule has 0 bridgehead atoms. The topological polar surface area (TPSA) is 64.8 Å². The minimum atomic E-state index is -1.05. The standard InChI is InChI=1S/C22H36N2O3/c1-6-26-21(25)22(4,5)27-18-12-13-20(19(23)14-18)24(15-16(2)3)17-10-8-7-9-11-17/h12-14,16-17H,6-11,15,23H2,1-5H3. The summed E-state index contributed by atoms with van der Waals surface area (Å²) in [5, 5.41) is 0. The van der Waals surface area contributed by atoms with Crippen LogP contribution in [0.15, 0.2) is 18.2 Å². The van der Waals surface area contributed by atoms with Gasteiger partial charge in [0, 0.05) is 18.7 Å². The third-order valence-corrected chi connectivity index (χ3v) is 5.03. The fraction of sp³-hybridized carbons (Fsp3) is 0.682. The van der Waals surface area contributed by atoms with Gasteiger partial charge >= 0.3 is 5.97 Å². The minimum absolute atomic E-state index is 0.332. The van der Waals surface area contributed by atoms with Gasteiger partial charge in [-0.3, -0.25) is 0 Å². The monoisotopic (exact) mass is 376 g/mol. The maximum atomic E-state index is 12.1. The molecule has 2 N–H and O–H groups in total. The average molecular weight is 377 g/mol. The molecule has 0 aliphatic heterocycles. The van der Waals surface area contributed by atoms with Crippen molar-refractivity contribution in [1.82, 2.24) is 0 Å². The Balaban J connectivity index is 2.21. The molecule has 2 rings (SSSR count). The van der Waals surface area contributed by atoms with Crippen LogP contribution < -0.4 is 15.4 Å². The second-order valence-corrected chi connectivity index (χ2v) is 8.39. The van der Waals surface area contributed by atoms with Crippen molar-refractivity contribution in [3.63, 3.8) is 0 Å². The molecular weight excluding hydrogens is 340 g/mol. The highest BCUT2D eigenvalue weighted by molar-refractivity contribution is 5.79. The first-order valence-corrected chi connectivity index (χ1v) is 10.3. The molecule has 0 unspecified atom stereocenters. The Bertz CT molecular complexity index is 622. The van der Waals surface area contributed by atoms with Crippen LogP contribution in [0.25, 0.3) is 0 Å². The molecule has 0 atom stereocenters. The second kappa shape index (κ2) is 9.34. The molecule has 1 fully saturated rings. The van der Waals surface area contributed by atoms with Crippen molar-refractivity contribution in [3.05, 3.63) is 18.2 Å². The lowest BCUT2D eigenvalue weighted by atomic mass is 9.93. The van der Waals surface area contributed by atoms with Crippen LogP contribution in [0.4, 0.5) is 11.4 Å². The van der Waals surface area contributed by atoms with Crippen LogP contribution in [-0.2, 0) is 9.53 Å². The van der Waals surface area contributed by atoms with Gasteiger partial charge in [-0.15, -0.1) is 0 Å². The van der Waals surface area contributed by atoms with Gasteiger partial charge in [-0.05, 0) is 51.7 Å². The predicted octanol–water partition coefficient (Wildman–Crippen LogP) is 4.78. The van der Waals surface area contributed by atoms with E-state index in [0.29, 0.717) is 30.0 Å². The van der Waals surface area contributed by atoms with Crippen LogP contribution in [0.2, 0.25) is 0 Å². The Labute approximate surface area is 164 Å². The van der Waals surface area contributed by atoms with Gasteiger partial charge in [0.05, 0.1) is 18.0 Å². The lowest BCUT2D eigenvalue weighted by Crippen LogP contribution is -2.40. The van der Waals surface area contributed by atoms with Crippen LogP contribution in [0.1, 0.15) is 66.7 Å². The number of nitrogens with two attached hydrogens (primary N) is 1. The number of nitrogen functional groups attached to an aromatic ring is 1. The van der Waals surface area contributed by atoms with Crippen LogP contribution in [-0.4, -0.2) is 30.8 Å². The van der Waals surface area contributed by atoms with Crippen molar-refractivity contribution < 1.29 is 14.3 Å². The number of benzene rings is 1. The van der Waals surface area contributed by atoms with Crippen molar-refractivity contribution in [2.75, 3.05) is 23.8 Å². The van der Waals surface area contributed by atoms with Gasteiger partial charge in [0.2, 0.25) is 0 Å². The fourth-order valence-electron chi connectivity index (χ4n) is 3.73. The van der Waals surface area contributed by atoms with E-state index in [2.05, 4.69) is 18.7 Å². The molecule has 1 aliphatic rings. The summed E-state index contributed by atoms with van der Waals surface area (Å²) >= 11 is 0. The molecule has 1 aliphatic carbocycles. The number of carbonyl (C=O) groups is 1. The highest BCUT2D eigenvalue weighted by Gasteiger charge is 2.32. The van der Waals surface area contributed by atoms with Gasteiger partial charge in [-0.2, -0.15) is 0 Å². The van der Waals surface area contributed by atoms with Gasteiger partial charge < -0.3 is 20.1 Å². The summed E-state index contributed by atoms with van der Waals surface area (Å²) in [4.78, 5) is 14.5. The third-order valence-electron chi connectivity index (χ3n) is 5.03. The van der Waals surface area contributed by atoms with Crippen molar-refractivity contribution in [1.29, 1.82) is 0 Å². The van der Waals surface area contributed by atoms with Crippen LogP contribution in [0.3, 0.4) is 0 Å². The Morgan fingerprint density at radius 1 is 1.26 bits per heavy atom. The molecule has 1 saturated carbocycles. The summed E-state index contributed by atoms with van der Waals surface area (Å²) in [6, 6.07) is 6.31. The van der Waals surface area contributed by atoms with E-state index in [0.717, 1.165) is 12.2 Å². The molecule has 152 valence electrons. The van der Waals surface area contributed by atoms with E-state index in [-0.39, 0.29) is 5.97 Å². The first-order chi connectivity index (χ1) is 12.7. The summed E-state index contributed by atoms with van der Waals surface area (Å²) in [6.07, 6.45) is 6.35. The van der Waals surface area contributed by atoms with E-state index < -0.39 is 5.60 Å². The summed E-state index contributed by atoms with van der Waals surface area (Å²) in [6.45, 7) is 11.0. The zero-order chi connectivity index (χ0) is 20.0. The number of carbonyl (C=O) groups excluding carboxylic acids is 1. The molecule has 1 aromatic rings. The predicted molar refractivity (Wildman–Crippen MR) is 111 cm³/mol. The van der Waals surface area contributed by atoms with Crippen LogP contribution in [0, 0.1) is 5.92 Å². The number of rotatable bonds is 8. The van der Waals surface area contributed by atoms with E-state index >= 15 is 0 Å². The summed E-state index contributed by atoms with van der Waals surface area (Å²) in [5.41, 5.74) is 7.13. The molecule has 0 heterocycles. The zero-order valence-corrected chi connectivity index (χ0v) is 17.6. The highest BCUT2D eigenvalue weighted by atomic mass is 16.6. The van der Waals surface area contributed by atoms with Crippen molar-refractivity contribution in [3.8, 4) is 5.75 Å². The SMILES string of the molecule is CCOC(=O)C(C)(C)Oc1ccc(N(CC(C)C)C2CCCCC2)c(N)c1. The maximum Gasteiger partial charge on any atom is 0.349 e. The van der Waals surface area contributed by atoms with Gasteiger partial charge in [-0.1, -0.05) is 33.1 Å². The Kier molecular flexibility index (Phi) is 7.40. The van der Waals surface area contributed by atoms with Gasteiger partial charge in [0.1, 0.15) is 5.75 Å². The van der Waals surface area contributed by atoms with Crippen molar-refractivity contribution in [2.45, 2.75) is 78.4 Å². The van der Waals surface area contributed by atoms with Crippen LogP contribution >= 0.6 is 0 Å². The third kappa shape index (κ3) is 5.78. The lowest BCUT2D eigenvalue weighted by molar-refractivity contribution is -0.158. The molecule has 0 spiro atoms. The van der Waals surface area contributed by atoms with Gasteiger partial charge in [0.15, 0.2) is 5.60 Å². The number of hydrogen-bond acceptors (Lipinski definition) is 5. The Hall–Kier alpha value is -1.91. The molecule has 0 aromatic heterocycles. The molecule has 0 radical (unpaired) electrons. The van der Waals surface area contributed by atoms with E-state index in [1.807, 2.05) is 18.2 Å². The average Bonchev–Trinajstić information content (AvgIpc) is 2.61. The first-order valence-electron chi connectivity index (χ1n) is 10.3. The summed E-state index contributed by atoms with van der Waals surface area (Å²) < 4.78 is 11.0. The number of nitrogens with zero attached hydrogens (tertiary/aromatic N) is 1. The quantitative estimate of drug-likeness (QED) is 0.522. The number of esters is 1. The number of ether oxygens (including phenoxy) is 2. The summed E-state index contributed by atoms with van der Waals surface area (Å²) in [7, 11) is 0. The normalized spacial score (nSPS) is 15.6. The minimum Gasteiger partial charge on any atom is -0.476 e. The van der Waals surface area contributed by atoms with Crippen LogP contribution in [0.5, 0.6) is 5.75 Å². The molecule has 5 heteroatoms. The van der Waals surface area contributed by atoms with E-state index in [9.17, 15) is 4.79 Å². The molecule has 0 amide bonds. The lowest BCUT2D eigenvalue weighted by Gasteiger charge is -2.38. The Morgan fingerprint density at radius 3 is 2.48 bits per heavy atom. The summed E-state index contributed by atoms with van der Waals surface area (Å²) in [5.74, 6) is 0.767. The van der Waals surface area contributed by atoms with Crippen molar-refractivity contribution >= 4 is 17.3 Å². The smallest absolute Gasteiger partial charge is 0.349 e. The molecule has 5 nitrogen and oxygen atoms in total. The molecule has 27 heavy (non-hydrogen) atoms. The fourth-order valence-corrected chi connectivity index (χ4v) is 3.73. The molecular formula is C22H36N2O3. The first kappa shape index (κ1) is 21.4. The molecule has 0 saturated heterocycles. The Morgan fingerprint density at radius 2 is 1.93 bits per heavy atom. The van der Waals surface area contributed by atoms with E-state index in [1.165, 1.54) is 32.1 Å². The van der Waals surface area contributed by atoms with E-state index in [4.69, 9.17) is 15.2 Å². The zero-order valence-electron chi connectivity index (χ0n) is 17.6. The maximum absolute atomic E-state index is 12.1. The van der Waals surface area contributed by atoms with E-state index in [1.54, 1.807) is 20.8 Å². The number of hydrogen-bond donors (Lipinski definition) is 1. The van der Waals surface area contributed by atoms with Crippen molar-refractivity contribution in [2.24, 2.45) is 5.92 Å². The molecule has 1 aromatic carbocycles. The number of anilines is 2. The highest BCUT2D eigenvalue weighted by Crippen LogP contribution is 2.34. The van der Waals surface area contributed by atoms with Gasteiger partial charge in [-0.25, -0.2) is 4.79 Å². The largest absolute Gasteiger partial charge is 0.476 e.